The van der Waals surface area contributed by atoms with E-state index in [1.165, 1.54) is 13.8 Å². The molecule has 7 nitrogen and oxygen atoms in total. The molecule has 0 unspecified atom stereocenters. The summed E-state index contributed by atoms with van der Waals surface area (Å²) in [5, 5.41) is 22.3. The van der Waals surface area contributed by atoms with Gasteiger partial charge in [0.15, 0.2) is 0 Å². The van der Waals surface area contributed by atoms with Crippen molar-refractivity contribution in [2.45, 2.75) is 19.4 Å². The molecule has 0 aliphatic heterocycles. The minimum atomic E-state index is -1.14. The average molecular weight is 276 g/mol. The van der Waals surface area contributed by atoms with Gasteiger partial charge in [0.25, 0.3) is 5.69 Å². The standard InChI is InChI=1S/C10H13N3O4.ClH/c1-10(2,11)9(15)12-7-5-6(13(16)17)3-4-8(7)14;/h3-5,14H,11H2,1-2H3,(H,12,15);1H. The molecule has 1 aromatic carbocycles. The normalized spacial score (nSPS) is 10.4. The number of nitro groups is 1. The van der Waals surface area contributed by atoms with Crippen molar-refractivity contribution in [2.24, 2.45) is 5.73 Å². The number of nitrogens with one attached hydrogen (secondary N) is 1. The highest BCUT2D eigenvalue weighted by Gasteiger charge is 2.23. The third kappa shape index (κ3) is 3.86. The fourth-order valence-corrected chi connectivity index (χ4v) is 1.02. The summed E-state index contributed by atoms with van der Waals surface area (Å²) in [5.74, 6) is -0.804. The second-order valence-electron chi connectivity index (χ2n) is 4.13. The van der Waals surface area contributed by atoms with Gasteiger partial charge in [-0.3, -0.25) is 14.9 Å². The first-order valence-electron chi connectivity index (χ1n) is 4.79. The summed E-state index contributed by atoms with van der Waals surface area (Å²) in [4.78, 5) is 21.5. The van der Waals surface area contributed by atoms with E-state index < -0.39 is 16.4 Å². The molecule has 0 bridgehead atoms. The number of nitrogens with two attached hydrogens (primary N) is 1. The lowest BCUT2D eigenvalue weighted by Crippen LogP contribution is -2.45. The van der Waals surface area contributed by atoms with Crippen LogP contribution in [0.25, 0.3) is 0 Å². The molecule has 4 N–H and O–H groups in total. The summed E-state index contributed by atoms with van der Waals surface area (Å²) in [5.41, 5.74) is 4.14. The number of halogens is 1. The predicted molar refractivity (Wildman–Crippen MR) is 68.9 cm³/mol. The smallest absolute Gasteiger partial charge is 0.271 e. The number of hydrogen-bond donors (Lipinski definition) is 3. The molecule has 1 amide bonds. The summed E-state index contributed by atoms with van der Waals surface area (Å²) in [6.45, 7) is 2.97. The maximum Gasteiger partial charge on any atom is 0.271 e. The van der Waals surface area contributed by atoms with Gasteiger partial charge < -0.3 is 16.2 Å². The number of aromatic hydroxyl groups is 1. The van der Waals surface area contributed by atoms with E-state index in [-0.39, 0.29) is 29.5 Å². The number of non-ortho nitro benzene ring substituents is 1. The molecular weight excluding hydrogens is 262 g/mol. The van der Waals surface area contributed by atoms with Crippen LogP contribution in [0.1, 0.15) is 13.8 Å². The lowest BCUT2D eigenvalue weighted by atomic mass is 10.1. The van der Waals surface area contributed by atoms with Crippen molar-refractivity contribution < 1.29 is 14.8 Å². The van der Waals surface area contributed by atoms with E-state index in [0.717, 1.165) is 18.2 Å². The number of hydrogen-bond acceptors (Lipinski definition) is 5. The number of carbonyl (C=O) groups is 1. The van der Waals surface area contributed by atoms with Crippen LogP contribution >= 0.6 is 12.4 Å². The first-order valence-corrected chi connectivity index (χ1v) is 4.79. The maximum absolute atomic E-state index is 11.6. The van der Waals surface area contributed by atoms with Gasteiger partial charge in [-0.1, -0.05) is 0 Å². The Kier molecular flexibility index (Phi) is 5.07. The summed E-state index contributed by atoms with van der Waals surface area (Å²) in [6, 6.07) is 3.34. The highest BCUT2D eigenvalue weighted by atomic mass is 35.5. The third-order valence-corrected chi connectivity index (χ3v) is 2.02. The van der Waals surface area contributed by atoms with Gasteiger partial charge in [-0.15, -0.1) is 12.4 Å². The van der Waals surface area contributed by atoms with Gasteiger partial charge in [-0.25, -0.2) is 0 Å². The Morgan fingerprint density at radius 2 is 2.06 bits per heavy atom. The van der Waals surface area contributed by atoms with E-state index in [0.29, 0.717) is 0 Å². The molecule has 0 aliphatic carbocycles. The molecular formula is C10H14ClN3O4. The van der Waals surface area contributed by atoms with E-state index in [4.69, 9.17) is 5.73 Å². The maximum atomic E-state index is 11.6. The number of phenols is 1. The number of amides is 1. The molecule has 1 aromatic rings. The number of carbonyl (C=O) groups excluding carboxylic acids is 1. The first kappa shape index (κ1) is 16.1. The minimum absolute atomic E-state index is 0. The SMILES string of the molecule is CC(C)(N)C(=O)Nc1cc([N+](=O)[O-])ccc1O.Cl. The van der Waals surface area contributed by atoms with Crippen LogP contribution in [0.4, 0.5) is 11.4 Å². The molecule has 0 radical (unpaired) electrons. The predicted octanol–water partition coefficient (Wildman–Crippen LogP) is 1.40. The lowest BCUT2D eigenvalue weighted by Gasteiger charge is -2.18. The first-order chi connectivity index (χ1) is 7.71. The number of anilines is 1. The van der Waals surface area contributed by atoms with Crippen LogP contribution in [0.2, 0.25) is 0 Å². The van der Waals surface area contributed by atoms with Crippen molar-refractivity contribution in [3.63, 3.8) is 0 Å². The minimum Gasteiger partial charge on any atom is -0.506 e. The fraction of sp³-hybridized carbons (Fsp3) is 0.300. The van der Waals surface area contributed by atoms with Crippen molar-refractivity contribution in [3.05, 3.63) is 28.3 Å². The summed E-state index contributed by atoms with van der Waals surface area (Å²) in [6.07, 6.45) is 0. The third-order valence-electron chi connectivity index (χ3n) is 2.02. The van der Waals surface area contributed by atoms with E-state index in [1.54, 1.807) is 0 Å². The van der Waals surface area contributed by atoms with Gasteiger partial charge in [0.2, 0.25) is 5.91 Å². The topological polar surface area (TPSA) is 118 Å². The van der Waals surface area contributed by atoms with Gasteiger partial charge in [0.05, 0.1) is 16.1 Å². The number of rotatable bonds is 3. The van der Waals surface area contributed by atoms with Gasteiger partial charge >= 0.3 is 0 Å². The quantitative estimate of drug-likeness (QED) is 0.438. The molecule has 0 saturated heterocycles. The van der Waals surface area contributed by atoms with Crippen LogP contribution in [-0.2, 0) is 4.79 Å². The largest absolute Gasteiger partial charge is 0.506 e. The van der Waals surface area contributed by atoms with Crippen molar-refractivity contribution >= 4 is 29.7 Å². The zero-order valence-corrected chi connectivity index (χ0v) is 10.7. The second kappa shape index (κ2) is 5.65. The molecule has 0 heterocycles. The average Bonchev–Trinajstić information content (AvgIpc) is 2.19. The number of nitro benzene ring substituents is 1. The number of benzene rings is 1. The van der Waals surface area contributed by atoms with Gasteiger partial charge in [0.1, 0.15) is 5.75 Å². The zero-order chi connectivity index (χ0) is 13.2. The number of phenolic OH excluding ortho intramolecular Hbond substituents is 1. The van der Waals surface area contributed by atoms with E-state index >= 15 is 0 Å². The van der Waals surface area contributed by atoms with Crippen LogP contribution in [0.15, 0.2) is 18.2 Å². The van der Waals surface area contributed by atoms with Crippen LogP contribution in [0.5, 0.6) is 5.75 Å². The highest BCUT2D eigenvalue weighted by molar-refractivity contribution is 5.98. The molecule has 0 aliphatic rings. The van der Waals surface area contributed by atoms with E-state index in [2.05, 4.69) is 5.32 Å². The Labute approximate surface area is 110 Å². The molecule has 0 atom stereocenters. The van der Waals surface area contributed by atoms with Gasteiger partial charge in [0, 0.05) is 12.1 Å². The molecule has 100 valence electrons. The fourth-order valence-electron chi connectivity index (χ4n) is 1.02. The zero-order valence-electron chi connectivity index (χ0n) is 9.84. The Morgan fingerprint density at radius 3 is 2.50 bits per heavy atom. The van der Waals surface area contributed by atoms with Crippen molar-refractivity contribution in [3.8, 4) is 5.75 Å². The van der Waals surface area contributed by atoms with Crippen LogP contribution in [0.3, 0.4) is 0 Å². The lowest BCUT2D eigenvalue weighted by molar-refractivity contribution is -0.384. The highest BCUT2D eigenvalue weighted by Crippen LogP contribution is 2.28. The monoisotopic (exact) mass is 275 g/mol. The molecule has 1 rings (SSSR count). The second-order valence-corrected chi connectivity index (χ2v) is 4.13. The molecule has 18 heavy (non-hydrogen) atoms. The summed E-state index contributed by atoms with van der Waals surface area (Å²) >= 11 is 0. The summed E-state index contributed by atoms with van der Waals surface area (Å²) in [7, 11) is 0. The van der Waals surface area contributed by atoms with Crippen molar-refractivity contribution in [1.82, 2.24) is 0 Å². The van der Waals surface area contributed by atoms with Crippen molar-refractivity contribution in [1.29, 1.82) is 0 Å². The Bertz CT molecular complexity index is 471. The number of nitrogens with zero attached hydrogens (tertiary/aromatic N) is 1. The molecule has 0 saturated carbocycles. The molecule has 8 heteroatoms. The van der Waals surface area contributed by atoms with E-state index in [9.17, 15) is 20.0 Å². The molecule has 0 aromatic heterocycles. The van der Waals surface area contributed by atoms with Crippen LogP contribution in [0, 0.1) is 10.1 Å². The molecule has 0 spiro atoms. The van der Waals surface area contributed by atoms with Gasteiger partial charge in [-0.05, 0) is 19.9 Å². The summed E-state index contributed by atoms with van der Waals surface area (Å²) < 4.78 is 0. The Balaban J connectivity index is 0.00000289. The Hall–Kier alpha value is -1.86. The van der Waals surface area contributed by atoms with Gasteiger partial charge in [-0.2, -0.15) is 0 Å². The molecule has 0 fully saturated rings. The van der Waals surface area contributed by atoms with E-state index in [1.807, 2.05) is 0 Å². The van der Waals surface area contributed by atoms with Crippen molar-refractivity contribution in [2.75, 3.05) is 5.32 Å². The van der Waals surface area contributed by atoms with Crippen LogP contribution < -0.4 is 11.1 Å². The Morgan fingerprint density at radius 1 is 1.50 bits per heavy atom. The van der Waals surface area contributed by atoms with Crippen LogP contribution in [-0.4, -0.2) is 21.5 Å².